The van der Waals surface area contributed by atoms with Crippen molar-refractivity contribution in [1.29, 1.82) is 5.26 Å². The lowest BCUT2D eigenvalue weighted by atomic mass is 10.3. The van der Waals surface area contributed by atoms with Crippen LogP contribution in [-0.4, -0.2) is 26.3 Å². The monoisotopic (exact) mass is 259 g/mol. The first-order valence-corrected chi connectivity index (χ1v) is 5.28. The third-order valence-electron chi connectivity index (χ3n) is 2.41. The van der Waals surface area contributed by atoms with Crippen LogP contribution in [0.4, 0.5) is 5.95 Å². The van der Waals surface area contributed by atoms with E-state index in [1.54, 1.807) is 0 Å². The molecule has 0 saturated carbocycles. The number of nitriles is 1. The normalized spacial score (nSPS) is 10.2. The molecule has 2 aromatic heterocycles. The molecule has 0 atom stereocenters. The lowest BCUT2D eigenvalue weighted by Gasteiger charge is -2.02. The molecule has 2 rings (SSSR count). The number of nitrogens with one attached hydrogen (secondary N) is 2. The van der Waals surface area contributed by atoms with Gasteiger partial charge in [-0.1, -0.05) is 0 Å². The Morgan fingerprint density at radius 3 is 2.68 bits per heavy atom. The number of nitrogens with zero attached hydrogens (tertiary/aromatic N) is 3. The smallest absolute Gasteiger partial charge is 0.263 e. The number of H-pyrrole nitrogens is 1. The molecule has 2 aromatic rings. The average molecular weight is 259 g/mol. The minimum absolute atomic E-state index is 0.0202. The summed E-state index contributed by atoms with van der Waals surface area (Å²) in [5.41, 5.74) is -0.504. The van der Waals surface area contributed by atoms with Crippen LogP contribution in [0.5, 0.6) is 0 Å². The van der Waals surface area contributed by atoms with Gasteiger partial charge in [0.15, 0.2) is 5.65 Å². The number of fused-ring (bicyclic) bond motifs is 1. The molecule has 96 valence electrons. The summed E-state index contributed by atoms with van der Waals surface area (Å²) in [5, 5.41) is 11.3. The maximum absolute atomic E-state index is 11.9. The molecule has 0 fully saturated rings. The van der Waals surface area contributed by atoms with Gasteiger partial charge in [0.05, 0.1) is 5.56 Å². The fourth-order valence-corrected chi connectivity index (χ4v) is 1.68. The molecule has 1 amide bonds. The molecule has 0 saturated heterocycles. The second-order valence-electron chi connectivity index (χ2n) is 3.84. The predicted octanol–water partition coefficient (Wildman–Crippen LogP) is 0.215. The number of hydrogen-bond donors (Lipinski definition) is 2. The van der Waals surface area contributed by atoms with Crippen molar-refractivity contribution in [2.24, 2.45) is 0 Å². The summed E-state index contributed by atoms with van der Waals surface area (Å²) in [6.45, 7) is 2.54. The first-order valence-electron chi connectivity index (χ1n) is 5.28. The van der Waals surface area contributed by atoms with Gasteiger partial charge in [0.25, 0.3) is 5.56 Å². The summed E-state index contributed by atoms with van der Waals surface area (Å²) < 4.78 is 1.09. The maximum atomic E-state index is 11.9. The molecule has 2 heterocycles. The summed E-state index contributed by atoms with van der Waals surface area (Å²) in [5.74, 6) is -0.877. The molecule has 0 aliphatic carbocycles. The van der Waals surface area contributed by atoms with Crippen molar-refractivity contribution in [2.75, 3.05) is 5.32 Å². The topological polar surface area (TPSA) is 121 Å². The fraction of sp³-hybridized carbons (Fsp3) is 0.182. The van der Waals surface area contributed by atoms with Crippen LogP contribution < -0.4 is 10.9 Å². The summed E-state index contributed by atoms with van der Waals surface area (Å²) in [6.07, 6.45) is 1.24. The Bertz CT molecular complexity index is 793. The van der Waals surface area contributed by atoms with Crippen LogP contribution in [-0.2, 0) is 4.79 Å². The molecular formula is C11H9N5O3. The molecule has 0 spiro atoms. The van der Waals surface area contributed by atoms with Gasteiger partial charge in [0.1, 0.15) is 11.5 Å². The van der Waals surface area contributed by atoms with E-state index in [-0.39, 0.29) is 22.5 Å². The van der Waals surface area contributed by atoms with Crippen molar-refractivity contribution in [3.63, 3.8) is 0 Å². The van der Waals surface area contributed by atoms with Crippen LogP contribution in [0.15, 0.2) is 11.0 Å². The molecule has 19 heavy (non-hydrogen) atoms. The van der Waals surface area contributed by atoms with Gasteiger partial charge in [-0.25, -0.2) is 0 Å². The quantitative estimate of drug-likeness (QED) is 0.758. The second-order valence-corrected chi connectivity index (χ2v) is 3.84. The van der Waals surface area contributed by atoms with Crippen LogP contribution in [0.1, 0.15) is 24.2 Å². The van der Waals surface area contributed by atoms with Crippen LogP contribution in [0, 0.1) is 11.3 Å². The molecular weight excluding hydrogens is 250 g/mol. The zero-order valence-electron chi connectivity index (χ0n) is 10.1. The Kier molecular flexibility index (Phi) is 2.88. The SMILES string of the molecule is CC(=O)Nc1nc2c(c(C#N)cn2C(C)=O)c(=O)[nH]1. The molecule has 2 N–H and O–H groups in total. The summed E-state index contributed by atoms with van der Waals surface area (Å²) in [6, 6.07) is 1.83. The predicted molar refractivity (Wildman–Crippen MR) is 65.7 cm³/mol. The average Bonchev–Trinajstić information content (AvgIpc) is 2.67. The van der Waals surface area contributed by atoms with Crippen LogP contribution >= 0.6 is 0 Å². The molecule has 0 aliphatic heterocycles. The third-order valence-corrected chi connectivity index (χ3v) is 2.41. The Morgan fingerprint density at radius 1 is 1.47 bits per heavy atom. The largest absolute Gasteiger partial charge is 0.296 e. The fourth-order valence-electron chi connectivity index (χ4n) is 1.68. The lowest BCUT2D eigenvalue weighted by Crippen LogP contribution is -2.17. The highest BCUT2D eigenvalue weighted by Crippen LogP contribution is 2.16. The van der Waals surface area contributed by atoms with Gasteiger partial charge >= 0.3 is 0 Å². The van der Waals surface area contributed by atoms with E-state index in [4.69, 9.17) is 5.26 Å². The van der Waals surface area contributed by atoms with Gasteiger partial charge in [0, 0.05) is 20.0 Å². The van der Waals surface area contributed by atoms with E-state index in [0.29, 0.717) is 0 Å². The molecule has 8 heteroatoms. The van der Waals surface area contributed by atoms with E-state index in [1.807, 2.05) is 6.07 Å². The van der Waals surface area contributed by atoms with E-state index in [2.05, 4.69) is 15.3 Å². The van der Waals surface area contributed by atoms with Gasteiger partial charge < -0.3 is 0 Å². The molecule has 0 unspecified atom stereocenters. The summed E-state index contributed by atoms with van der Waals surface area (Å²) in [4.78, 5) is 40.6. The Morgan fingerprint density at radius 2 is 2.16 bits per heavy atom. The zero-order valence-corrected chi connectivity index (χ0v) is 10.1. The van der Waals surface area contributed by atoms with E-state index >= 15 is 0 Å². The van der Waals surface area contributed by atoms with Gasteiger partial charge in [-0.3, -0.25) is 29.3 Å². The number of amides is 1. The van der Waals surface area contributed by atoms with Crippen molar-refractivity contribution in [3.05, 3.63) is 22.1 Å². The molecule has 0 bridgehead atoms. The van der Waals surface area contributed by atoms with Crippen molar-refractivity contribution in [3.8, 4) is 6.07 Å². The number of aromatic amines is 1. The first kappa shape index (κ1) is 12.5. The number of carbonyl (C=O) groups excluding carboxylic acids is 2. The van der Waals surface area contributed by atoms with Crippen molar-refractivity contribution in [2.45, 2.75) is 13.8 Å². The maximum Gasteiger partial charge on any atom is 0.263 e. The Balaban J connectivity index is 2.83. The van der Waals surface area contributed by atoms with Gasteiger partial charge in [-0.15, -0.1) is 0 Å². The van der Waals surface area contributed by atoms with Gasteiger partial charge in [0.2, 0.25) is 17.8 Å². The third kappa shape index (κ3) is 2.09. The van der Waals surface area contributed by atoms with Crippen LogP contribution in [0.2, 0.25) is 0 Å². The minimum atomic E-state index is -0.592. The van der Waals surface area contributed by atoms with Crippen LogP contribution in [0.3, 0.4) is 0 Å². The minimum Gasteiger partial charge on any atom is -0.296 e. The number of anilines is 1. The highest BCUT2D eigenvalue weighted by molar-refractivity contribution is 5.94. The molecule has 8 nitrogen and oxygen atoms in total. The van der Waals surface area contributed by atoms with E-state index in [9.17, 15) is 14.4 Å². The second kappa shape index (κ2) is 4.38. The highest BCUT2D eigenvalue weighted by Gasteiger charge is 2.17. The first-order chi connectivity index (χ1) is 8.93. The van der Waals surface area contributed by atoms with E-state index < -0.39 is 17.4 Å². The molecule has 0 radical (unpaired) electrons. The summed E-state index contributed by atoms with van der Waals surface area (Å²) in [7, 11) is 0. The Labute approximate surface area is 106 Å². The molecule has 0 aromatic carbocycles. The van der Waals surface area contributed by atoms with Crippen LogP contribution in [0.25, 0.3) is 11.0 Å². The van der Waals surface area contributed by atoms with Crippen molar-refractivity contribution in [1.82, 2.24) is 14.5 Å². The lowest BCUT2D eigenvalue weighted by molar-refractivity contribution is -0.114. The Hall–Kier alpha value is -2.95. The van der Waals surface area contributed by atoms with Crippen molar-refractivity contribution < 1.29 is 9.59 Å². The van der Waals surface area contributed by atoms with Crippen molar-refractivity contribution >= 4 is 28.8 Å². The van der Waals surface area contributed by atoms with Gasteiger partial charge in [-0.2, -0.15) is 10.2 Å². The molecule has 0 aliphatic rings. The highest BCUT2D eigenvalue weighted by atomic mass is 16.2. The number of hydrogen-bond acceptors (Lipinski definition) is 5. The number of rotatable bonds is 1. The summed E-state index contributed by atoms with van der Waals surface area (Å²) >= 11 is 0. The number of carbonyl (C=O) groups is 2. The zero-order chi connectivity index (χ0) is 14.2. The number of aromatic nitrogens is 3. The standard InChI is InChI=1S/C11H9N5O3/c1-5(17)13-11-14-9-8(10(19)15-11)7(3-12)4-16(9)6(2)18/h4H,1-2H3,(H2,13,14,15,17,19). The van der Waals surface area contributed by atoms with Gasteiger partial charge in [-0.05, 0) is 0 Å². The van der Waals surface area contributed by atoms with E-state index in [0.717, 1.165) is 4.57 Å². The van der Waals surface area contributed by atoms with E-state index in [1.165, 1.54) is 20.0 Å².